The molecule has 0 saturated heterocycles. The van der Waals surface area contributed by atoms with E-state index < -0.39 is 6.04 Å². The predicted molar refractivity (Wildman–Crippen MR) is 97.2 cm³/mol. The number of nitrogens with one attached hydrogen (secondary N) is 2. The molecule has 2 rings (SSSR count). The van der Waals surface area contributed by atoms with E-state index in [1.807, 2.05) is 0 Å². The van der Waals surface area contributed by atoms with Gasteiger partial charge in [-0.2, -0.15) is 0 Å². The Morgan fingerprint density at radius 2 is 1.56 bits per heavy atom. The summed E-state index contributed by atoms with van der Waals surface area (Å²) < 4.78 is 12.9. The van der Waals surface area contributed by atoms with E-state index in [2.05, 4.69) is 10.6 Å². The third-order valence-corrected chi connectivity index (χ3v) is 3.93. The fourth-order valence-electron chi connectivity index (χ4n) is 2.08. The minimum absolute atomic E-state index is 0.0423. The smallest absolute Gasteiger partial charge is 0.241 e. The van der Waals surface area contributed by atoms with Gasteiger partial charge in [-0.05, 0) is 62.5 Å². The molecule has 0 aromatic heterocycles. The van der Waals surface area contributed by atoms with Gasteiger partial charge in [-0.15, -0.1) is 0 Å². The summed E-state index contributed by atoms with van der Waals surface area (Å²) in [5, 5.41) is 6.01. The summed E-state index contributed by atoms with van der Waals surface area (Å²) in [6.45, 7) is 1.73. The maximum absolute atomic E-state index is 12.9. The molecule has 0 fully saturated rings. The number of amides is 2. The molecule has 7 heteroatoms. The zero-order valence-corrected chi connectivity index (χ0v) is 14.7. The van der Waals surface area contributed by atoms with Crippen LogP contribution in [0.4, 0.5) is 15.8 Å². The Kier molecular flexibility index (Phi) is 6.50. The highest BCUT2D eigenvalue weighted by atomic mass is 35.5. The molecule has 0 aliphatic heterocycles. The molecular formula is C18H19ClFN3O2. The second-order valence-electron chi connectivity index (χ2n) is 5.64. The molecule has 0 aliphatic carbocycles. The van der Waals surface area contributed by atoms with Crippen molar-refractivity contribution in [2.24, 2.45) is 0 Å². The average molecular weight is 364 g/mol. The Hall–Kier alpha value is -2.44. The van der Waals surface area contributed by atoms with Gasteiger partial charge in [0.2, 0.25) is 11.8 Å². The van der Waals surface area contributed by atoms with Gasteiger partial charge in [0, 0.05) is 16.4 Å². The van der Waals surface area contributed by atoms with Crippen molar-refractivity contribution >= 4 is 34.8 Å². The van der Waals surface area contributed by atoms with Crippen molar-refractivity contribution in [3.05, 3.63) is 59.4 Å². The largest absolute Gasteiger partial charge is 0.325 e. The average Bonchev–Trinajstić information content (AvgIpc) is 2.58. The molecule has 132 valence electrons. The second-order valence-corrected chi connectivity index (χ2v) is 6.08. The summed E-state index contributed by atoms with van der Waals surface area (Å²) in [5.41, 5.74) is 1.13. The number of halogens is 2. The lowest BCUT2D eigenvalue weighted by molar-refractivity contribution is -0.122. The number of nitrogens with zero attached hydrogens (tertiary/aromatic N) is 1. The van der Waals surface area contributed by atoms with Gasteiger partial charge in [-0.25, -0.2) is 4.39 Å². The summed E-state index contributed by atoms with van der Waals surface area (Å²) in [5.74, 6) is -0.901. The standard InChI is InChI=1S/C18H19ClFN3O2/c1-12(18(25)22-16-9-5-14(20)6-10-16)23(2)11-17(24)21-15-7-3-13(19)4-8-15/h3-10,12H,11H2,1-2H3,(H,21,24)(H,22,25)/t12-/m0/s1. The SMILES string of the molecule is C[C@@H](C(=O)Nc1ccc(F)cc1)N(C)CC(=O)Nc1ccc(Cl)cc1. The molecule has 0 radical (unpaired) electrons. The number of rotatable bonds is 6. The molecule has 0 spiro atoms. The Labute approximate surface area is 150 Å². The zero-order chi connectivity index (χ0) is 18.4. The van der Waals surface area contributed by atoms with Crippen molar-refractivity contribution in [3.63, 3.8) is 0 Å². The zero-order valence-electron chi connectivity index (χ0n) is 13.9. The third kappa shape index (κ3) is 5.85. The Morgan fingerprint density at radius 1 is 1.04 bits per heavy atom. The first-order valence-corrected chi connectivity index (χ1v) is 8.05. The summed E-state index contributed by atoms with van der Waals surface area (Å²) in [6, 6.07) is 11.7. The summed E-state index contributed by atoms with van der Waals surface area (Å²) in [6.07, 6.45) is 0. The first-order valence-electron chi connectivity index (χ1n) is 7.67. The van der Waals surface area contributed by atoms with Crippen molar-refractivity contribution < 1.29 is 14.0 Å². The molecule has 0 aliphatic rings. The fourth-order valence-corrected chi connectivity index (χ4v) is 2.20. The van der Waals surface area contributed by atoms with Crippen LogP contribution in [0.15, 0.2) is 48.5 Å². The second kappa shape index (κ2) is 8.60. The Balaban J connectivity index is 1.86. The van der Waals surface area contributed by atoms with E-state index in [1.54, 1.807) is 43.1 Å². The highest BCUT2D eigenvalue weighted by Gasteiger charge is 2.20. The van der Waals surface area contributed by atoms with Gasteiger partial charge in [-0.3, -0.25) is 14.5 Å². The number of anilines is 2. The Bertz CT molecular complexity index is 735. The monoisotopic (exact) mass is 363 g/mol. The van der Waals surface area contributed by atoms with Crippen LogP contribution in [0.3, 0.4) is 0 Å². The van der Waals surface area contributed by atoms with Crippen LogP contribution >= 0.6 is 11.6 Å². The highest BCUT2D eigenvalue weighted by Crippen LogP contribution is 2.13. The van der Waals surface area contributed by atoms with Gasteiger partial charge in [0.15, 0.2) is 0 Å². The lowest BCUT2D eigenvalue weighted by Gasteiger charge is -2.23. The quantitative estimate of drug-likeness (QED) is 0.827. The van der Waals surface area contributed by atoms with E-state index >= 15 is 0 Å². The van der Waals surface area contributed by atoms with Crippen molar-refractivity contribution in [2.75, 3.05) is 24.2 Å². The molecular weight excluding hydrogens is 345 g/mol. The number of benzene rings is 2. The maximum Gasteiger partial charge on any atom is 0.241 e. The van der Waals surface area contributed by atoms with Crippen LogP contribution < -0.4 is 10.6 Å². The van der Waals surface area contributed by atoms with Crippen molar-refractivity contribution in [1.29, 1.82) is 0 Å². The topological polar surface area (TPSA) is 61.4 Å². The third-order valence-electron chi connectivity index (χ3n) is 3.67. The van der Waals surface area contributed by atoms with Crippen LogP contribution in [0, 0.1) is 5.82 Å². The normalized spacial score (nSPS) is 11.9. The van der Waals surface area contributed by atoms with E-state index in [0.717, 1.165) is 0 Å². The van der Waals surface area contributed by atoms with Crippen LogP contribution in [-0.4, -0.2) is 36.3 Å². The molecule has 0 saturated carbocycles. The van der Waals surface area contributed by atoms with E-state index in [0.29, 0.717) is 16.4 Å². The van der Waals surface area contributed by atoms with E-state index in [1.165, 1.54) is 24.3 Å². The number of carbonyl (C=O) groups excluding carboxylic acids is 2. The summed E-state index contributed by atoms with van der Waals surface area (Å²) in [7, 11) is 1.68. The number of likely N-dealkylation sites (N-methyl/N-ethyl adjacent to an activating group) is 1. The fraction of sp³-hybridized carbons (Fsp3) is 0.222. The van der Waals surface area contributed by atoms with Crippen LogP contribution in [0.5, 0.6) is 0 Å². The molecule has 0 bridgehead atoms. The van der Waals surface area contributed by atoms with Crippen LogP contribution in [0.1, 0.15) is 6.92 Å². The van der Waals surface area contributed by atoms with E-state index in [4.69, 9.17) is 11.6 Å². The van der Waals surface area contributed by atoms with Gasteiger partial charge in [0.1, 0.15) is 5.82 Å². The Morgan fingerprint density at radius 3 is 2.16 bits per heavy atom. The number of hydrogen-bond acceptors (Lipinski definition) is 3. The molecule has 2 aromatic carbocycles. The van der Waals surface area contributed by atoms with E-state index in [9.17, 15) is 14.0 Å². The van der Waals surface area contributed by atoms with Gasteiger partial charge in [0.05, 0.1) is 12.6 Å². The van der Waals surface area contributed by atoms with Crippen LogP contribution in [0.2, 0.25) is 5.02 Å². The molecule has 2 aromatic rings. The van der Waals surface area contributed by atoms with Crippen molar-refractivity contribution in [3.8, 4) is 0 Å². The van der Waals surface area contributed by atoms with Crippen molar-refractivity contribution in [2.45, 2.75) is 13.0 Å². The lowest BCUT2D eigenvalue weighted by Crippen LogP contribution is -2.43. The molecule has 2 amide bonds. The molecule has 25 heavy (non-hydrogen) atoms. The molecule has 1 atom stereocenters. The van der Waals surface area contributed by atoms with Gasteiger partial charge in [0.25, 0.3) is 0 Å². The lowest BCUT2D eigenvalue weighted by atomic mass is 10.2. The molecule has 2 N–H and O–H groups in total. The van der Waals surface area contributed by atoms with Crippen LogP contribution in [0.25, 0.3) is 0 Å². The minimum Gasteiger partial charge on any atom is -0.325 e. The molecule has 0 unspecified atom stereocenters. The van der Waals surface area contributed by atoms with Gasteiger partial charge >= 0.3 is 0 Å². The summed E-state index contributed by atoms with van der Waals surface area (Å²) in [4.78, 5) is 25.9. The molecule has 0 heterocycles. The van der Waals surface area contributed by atoms with Gasteiger partial charge in [-0.1, -0.05) is 11.6 Å². The van der Waals surface area contributed by atoms with Gasteiger partial charge < -0.3 is 10.6 Å². The maximum atomic E-state index is 12.9. The highest BCUT2D eigenvalue weighted by molar-refractivity contribution is 6.30. The first kappa shape index (κ1) is 18.9. The molecule has 5 nitrogen and oxygen atoms in total. The van der Waals surface area contributed by atoms with Crippen molar-refractivity contribution in [1.82, 2.24) is 4.90 Å². The number of hydrogen-bond donors (Lipinski definition) is 2. The first-order chi connectivity index (χ1) is 11.8. The number of carbonyl (C=O) groups is 2. The predicted octanol–water partition coefficient (Wildman–Crippen LogP) is 3.38. The summed E-state index contributed by atoms with van der Waals surface area (Å²) >= 11 is 5.80. The minimum atomic E-state index is -0.541. The van der Waals surface area contributed by atoms with E-state index in [-0.39, 0.29) is 24.2 Å². The van der Waals surface area contributed by atoms with Crippen LogP contribution in [-0.2, 0) is 9.59 Å².